The molecule has 234 valence electrons. The molecule has 0 aliphatic rings. The molecule has 6 nitrogen and oxygen atoms in total. The van der Waals surface area contributed by atoms with E-state index in [1.807, 2.05) is 0 Å². The molecule has 1 aromatic carbocycles. The van der Waals surface area contributed by atoms with Crippen LogP contribution in [0.3, 0.4) is 0 Å². The van der Waals surface area contributed by atoms with Gasteiger partial charge in [-0.3, -0.25) is 9.00 Å². The van der Waals surface area contributed by atoms with E-state index in [0.29, 0.717) is 18.9 Å². The average Bonchev–Trinajstić information content (AvgIpc) is 2.85. The summed E-state index contributed by atoms with van der Waals surface area (Å²) in [5.74, 6) is -5.70. The van der Waals surface area contributed by atoms with Crippen LogP contribution in [-0.4, -0.2) is 57.6 Å². The second-order valence-electron chi connectivity index (χ2n) is 9.78. The van der Waals surface area contributed by atoms with Gasteiger partial charge in [0.25, 0.3) is 5.91 Å². The Balaban J connectivity index is 2.17. The number of carbonyl (C=O) groups is 1. The summed E-state index contributed by atoms with van der Waals surface area (Å²) in [6.45, 7) is 0.985. The van der Waals surface area contributed by atoms with Crippen molar-refractivity contribution in [1.29, 1.82) is 5.26 Å². The van der Waals surface area contributed by atoms with Gasteiger partial charge in [-0.25, -0.2) is 0 Å². The zero-order valence-electron chi connectivity index (χ0n) is 22.5. The molecule has 1 amide bonds. The molecule has 0 saturated carbocycles. The number of hydrogen-bond donors (Lipinski definition) is 2. The van der Waals surface area contributed by atoms with Gasteiger partial charge in [0.2, 0.25) is 0 Å². The minimum atomic E-state index is -5.60. The van der Waals surface area contributed by atoms with Crippen LogP contribution in [0.1, 0.15) is 75.8 Å². The number of anilines is 1. The van der Waals surface area contributed by atoms with Crippen LogP contribution in [0.5, 0.6) is 0 Å². The van der Waals surface area contributed by atoms with E-state index < -0.39 is 71.2 Å². The molecule has 1 aromatic rings. The van der Waals surface area contributed by atoms with Gasteiger partial charge in [-0.1, -0.05) is 32.1 Å². The van der Waals surface area contributed by atoms with Gasteiger partial charge in [0, 0.05) is 41.0 Å². The number of aliphatic hydroxyl groups is 1. The molecule has 0 saturated heterocycles. The summed E-state index contributed by atoms with van der Waals surface area (Å²) in [5, 5.41) is 21.4. The minimum Gasteiger partial charge on any atom is -0.378 e. The first-order valence-electron chi connectivity index (χ1n) is 12.9. The zero-order valence-corrected chi connectivity index (χ0v) is 23.3. The summed E-state index contributed by atoms with van der Waals surface area (Å²) in [6.07, 6.45) is -7.01. The number of nitrogens with zero attached hydrogens (tertiary/aromatic N) is 1. The van der Waals surface area contributed by atoms with E-state index in [1.54, 1.807) is 0 Å². The highest BCUT2D eigenvalue weighted by Gasteiger charge is 2.56. The number of rotatable bonds is 18. The van der Waals surface area contributed by atoms with Crippen LogP contribution in [0.15, 0.2) is 18.2 Å². The lowest BCUT2D eigenvalue weighted by Gasteiger charge is -2.22. The third-order valence-corrected chi connectivity index (χ3v) is 7.50. The van der Waals surface area contributed by atoms with Crippen molar-refractivity contribution in [3.63, 3.8) is 0 Å². The van der Waals surface area contributed by atoms with E-state index in [4.69, 9.17) is 10.00 Å². The number of benzene rings is 1. The Morgan fingerprint density at radius 3 is 2.07 bits per heavy atom. The Morgan fingerprint density at radius 1 is 0.951 bits per heavy atom. The zero-order chi connectivity index (χ0) is 31.3. The van der Waals surface area contributed by atoms with E-state index in [2.05, 4.69) is 5.32 Å². The molecule has 0 aliphatic heterocycles. The van der Waals surface area contributed by atoms with Gasteiger partial charge in [-0.15, -0.1) is 0 Å². The van der Waals surface area contributed by atoms with Crippen LogP contribution < -0.4 is 5.32 Å². The van der Waals surface area contributed by atoms with Crippen LogP contribution >= 0.6 is 0 Å². The number of carbonyl (C=O) groups excluding carboxylic acids is 1. The third kappa shape index (κ3) is 13.5. The molecule has 0 radical (unpaired) electrons. The summed E-state index contributed by atoms with van der Waals surface area (Å²) in [7, 11) is -1.45. The molecular weight excluding hydrogens is 588 g/mol. The van der Waals surface area contributed by atoms with Gasteiger partial charge in [0.15, 0.2) is 5.60 Å². The molecule has 0 aromatic heterocycles. The van der Waals surface area contributed by atoms with Crippen LogP contribution in [-0.2, 0) is 26.5 Å². The predicted octanol–water partition coefficient (Wildman–Crippen LogP) is 6.74. The van der Waals surface area contributed by atoms with E-state index in [1.165, 1.54) is 6.07 Å². The standard InChI is InChI=1S/C26H34F8N2O4S/c1-23(38,22(37)36-20-11-10-19(17-35)21(16-20)25(29,30)31)18-40-13-7-5-3-2-4-6-8-14-41(39)15-9-12-24(27,28)26(32,33)34/h10-11,16,38H,2-9,12-15,18H2,1H3,(H,36,37)/t23-,41?/m0/s1. The molecule has 0 aliphatic carbocycles. The lowest BCUT2D eigenvalue weighted by molar-refractivity contribution is -0.284. The summed E-state index contributed by atoms with van der Waals surface area (Å²) in [4.78, 5) is 12.3. The average molecular weight is 623 g/mol. The molecule has 1 unspecified atom stereocenters. The summed E-state index contributed by atoms with van der Waals surface area (Å²) >= 11 is 0. The second-order valence-corrected chi connectivity index (χ2v) is 11.5. The highest BCUT2D eigenvalue weighted by atomic mass is 32.2. The number of hydrogen-bond acceptors (Lipinski definition) is 5. The largest absolute Gasteiger partial charge is 0.453 e. The lowest BCUT2D eigenvalue weighted by atomic mass is 10.1. The van der Waals surface area contributed by atoms with E-state index >= 15 is 0 Å². The maximum Gasteiger partial charge on any atom is 0.453 e. The topological polar surface area (TPSA) is 99.4 Å². The fourth-order valence-electron chi connectivity index (χ4n) is 3.61. The van der Waals surface area contributed by atoms with E-state index in [9.17, 15) is 49.2 Å². The number of nitriles is 1. The molecule has 2 N–H and O–H groups in total. The number of halogens is 8. The second kappa shape index (κ2) is 16.4. The fraction of sp³-hybridized carbons (Fsp3) is 0.692. The van der Waals surface area contributed by atoms with Crippen LogP contribution in [0.25, 0.3) is 0 Å². The summed E-state index contributed by atoms with van der Waals surface area (Å²) in [5.41, 5.74) is -4.07. The van der Waals surface area contributed by atoms with Gasteiger partial charge in [0.05, 0.1) is 23.8 Å². The normalized spacial score (nSPS) is 14.8. The third-order valence-electron chi connectivity index (χ3n) is 6.01. The van der Waals surface area contributed by atoms with E-state index in [0.717, 1.165) is 51.2 Å². The summed E-state index contributed by atoms with van der Waals surface area (Å²) < 4.78 is 118. The molecule has 2 atom stereocenters. The van der Waals surface area contributed by atoms with Crippen LogP contribution in [0.2, 0.25) is 0 Å². The van der Waals surface area contributed by atoms with Crippen molar-refractivity contribution in [2.75, 3.05) is 30.0 Å². The summed E-state index contributed by atoms with van der Waals surface area (Å²) in [6, 6.07) is 4.08. The number of unbranched alkanes of at least 4 members (excludes halogenated alkanes) is 6. The molecule has 0 fully saturated rings. The smallest absolute Gasteiger partial charge is 0.378 e. The van der Waals surface area contributed by atoms with Gasteiger partial charge >= 0.3 is 18.3 Å². The van der Waals surface area contributed by atoms with Crippen molar-refractivity contribution < 1.29 is 54.0 Å². The molecule has 41 heavy (non-hydrogen) atoms. The lowest BCUT2D eigenvalue weighted by Crippen LogP contribution is -2.44. The van der Waals surface area contributed by atoms with Crippen molar-refractivity contribution in [1.82, 2.24) is 0 Å². The number of alkyl halides is 8. The van der Waals surface area contributed by atoms with Gasteiger partial charge < -0.3 is 15.2 Å². The quantitative estimate of drug-likeness (QED) is 0.140. The van der Waals surface area contributed by atoms with Crippen LogP contribution in [0.4, 0.5) is 40.8 Å². The van der Waals surface area contributed by atoms with Gasteiger partial charge in [-0.2, -0.15) is 40.4 Å². The van der Waals surface area contributed by atoms with Gasteiger partial charge in [0.1, 0.15) is 0 Å². The van der Waals surface area contributed by atoms with Crippen molar-refractivity contribution in [2.24, 2.45) is 0 Å². The number of amides is 1. The van der Waals surface area contributed by atoms with E-state index in [-0.39, 0.29) is 23.8 Å². The number of ether oxygens (including phenoxy) is 1. The Kier molecular flexibility index (Phi) is 14.6. The monoisotopic (exact) mass is 622 g/mol. The molecule has 0 heterocycles. The number of nitrogens with one attached hydrogen (secondary N) is 1. The first-order valence-corrected chi connectivity index (χ1v) is 14.4. The predicted molar refractivity (Wildman–Crippen MR) is 137 cm³/mol. The molecule has 1 rings (SSSR count). The molecule has 15 heteroatoms. The minimum absolute atomic E-state index is 0.200. The fourth-order valence-corrected chi connectivity index (χ4v) is 4.80. The highest BCUT2D eigenvalue weighted by molar-refractivity contribution is 7.84. The Bertz CT molecular complexity index is 1040. The SMILES string of the molecule is C[C@](O)(COCCCCCCCCCS(=O)CCCC(F)(F)C(F)(F)F)C(=O)Nc1ccc(C#N)c(C(F)(F)F)c1. The molecule has 0 spiro atoms. The maximum atomic E-state index is 13.1. The van der Waals surface area contributed by atoms with Gasteiger partial charge in [-0.05, 0) is 44.4 Å². The maximum absolute atomic E-state index is 13.1. The Labute approximate surface area is 235 Å². The van der Waals surface area contributed by atoms with Crippen molar-refractivity contribution in [3.05, 3.63) is 29.3 Å². The highest BCUT2D eigenvalue weighted by Crippen LogP contribution is 2.39. The molecular formula is C26H34F8N2O4S. The Hall–Kier alpha value is -2.31. The van der Waals surface area contributed by atoms with Crippen molar-refractivity contribution in [2.45, 2.75) is 88.6 Å². The van der Waals surface area contributed by atoms with Crippen molar-refractivity contribution in [3.8, 4) is 6.07 Å². The molecule has 0 bridgehead atoms. The first-order chi connectivity index (χ1) is 18.9. The Morgan fingerprint density at radius 2 is 1.51 bits per heavy atom. The van der Waals surface area contributed by atoms with Crippen molar-refractivity contribution >= 4 is 22.4 Å². The van der Waals surface area contributed by atoms with Crippen LogP contribution in [0, 0.1) is 11.3 Å². The first kappa shape index (κ1) is 36.7.